The van der Waals surface area contributed by atoms with Gasteiger partial charge in [0.2, 0.25) is 0 Å². The summed E-state index contributed by atoms with van der Waals surface area (Å²) in [6, 6.07) is 6.00. The van der Waals surface area contributed by atoms with Gasteiger partial charge in [0.25, 0.3) is 0 Å². The number of nitrogens with zero attached hydrogens (tertiary/aromatic N) is 1. The maximum Gasteiger partial charge on any atom is 0.0454 e. The van der Waals surface area contributed by atoms with Crippen LogP contribution in [0.2, 0.25) is 10.0 Å². The molecule has 88 valence electrons. The zero-order chi connectivity index (χ0) is 11.5. The summed E-state index contributed by atoms with van der Waals surface area (Å²) < 4.78 is 0. The van der Waals surface area contributed by atoms with Crippen molar-refractivity contribution in [2.75, 3.05) is 26.2 Å². The summed E-state index contributed by atoms with van der Waals surface area (Å²) in [5, 5.41) is 4.90. The summed E-state index contributed by atoms with van der Waals surface area (Å²) in [7, 11) is 0. The van der Waals surface area contributed by atoms with Crippen molar-refractivity contribution >= 4 is 23.2 Å². The molecule has 16 heavy (non-hydrogen) atoms. The number of halogens is 2. The zero-order valence-electron chi connectivity index (χ0n) is 9.34. The molecule has 2 rings (SSSR count). The molecule has 0 radical (unpaired) electrons. The van der Waals surface area contributed by atoms with Crippen molar-refractivity contribution in [3.63, 3.8) is 0 Å². The van der Waals surface area contributed by atoms with Crippen LogP contribution in [0.4, 0.5) is 0 Å². The third-order valence-corrected chi connectivity index (χ3v) is 3.69. The third-order valence-electron chi connectivity index (χ3n) is 3.11. The van der Waals surface area contributed by atoms with Crippen LogP contribution in [0.3, 0.4) is 0 Å². The predicted molar refractivity (Wildman–Crippen MR) is 69.3 cm³/mol. The second-order valence-electron chi connectivity index (χ2n) is 4.13. The Morgan fingerprint density at radius 1 is 1.25 bits per heavy atom. The van der Waals surface area contributed by atoms with Crippen LogP contribution in [0.1, 0.15) is 18.5 Å². The van der Waals surface area contributed by atoms with Gasteiger partial charge in [-0.15, -0.1) is 0 Å². The van der Waals surface area contributed by atoms with E-state index >= 15 is 0 Å². The highest BCUT2D eigenvalue weighted by Gasteiger charge is 2.19. The highest BCUT2D eigenvalue weighted by Crippen LogP contribution is 2.29. The average molecular weight is 259 g/mol. The molecule has 1 aliphatic heterocycles. The molecule has 4 heteroatoms. The summed E-state index contributed by atoms with van der Waals surface area (Å²) in [6.07, 6.45) is 0. The Bertz CT molecular complexity index is 362. The SMILES string of the molecule is CC(c1cc(Cl)ccc1Cl)N1CCNCC1. The second kappa shape index (κ2) is 5.37. The van der Waals surface area contributed by atoms with E-state index in [0.717, 1.165) is 41.8 Å². The van der Waals surface area contributed by atoms with E-state index in [1.54, 1.807) is 0 Å². The molecular weight excluding hydrogens is 243 g/mol. The molecule has 2 nitrogen and oxygen atoms in total. The van der Waals surface area contributed by atoms with Crippen molar-refractivity contribution in [2.45, 2.75) is 13.0 Å². The van der Waals surface area contributed by atoms with E-state index in [-0.39, 0.29) is 0 Å². The van der Waals surface area contributed by atoms with Gasteiger partial charge in [-0.2, -0.15) is 0 Å². The van der Waals surface area contributed by atoms with E-state index in [1.807, 2.05) is 18.2 Å². The summed E-state index contributed by atoms with van der Waals surface area (Å²) in [4.78, 5) is 2.42. The summed E-state index contributed by atoms with van der Waals surface area (Å²) in [6.45, 7) is 6.39. The van der Waals surface area contributed by atoms with E-state index < -0.39 is 0 Å². The van der Waals surface area contributed by atoms with E-state index in [4.69, 9.17) is 23.2 Å². The maximum atomic E-state index is 6.21. The predicted octanol–water partition coefficient (Wildman–Crippen LogP) is 2.96. The summed E-state index contributed by atoms with van der Waals surface area (Å²) in [5.41, 5.74) is 1.12. The van der Waals surface area contributed by atoms with Gasteiger partial charge in [-0.1, -0.05) is 23.2 Å². The van der Waals surface area contributed by atoms with Crippen molar-refractivity contribution in [1.82, 2.24) is 10.2 Å². The van der Waals surface area contributed by atoms with Gasteiger partial charge in [-0.3, -0.25) is 4.90 Å². The lowest BCUT2D eigenvalue weighted by molar-refractivity contribution is 0.185. The molecule has 0 amide bonds. The number of hydrogen-bond donors (Lipinski definition) is 1. The Hall–Kier alpha value is -0.280. The van der Waals surface area contributed by atoms with E-state index in [1.165, 1.54) is 0 Å². The molecule has 1 atom stereocenters. The van der Waals surface area contributed by atoms with Crippen molar-refractivity contribution in [3.8, 4) is 0 Å². The maximum absolute atomic E-state index is 6.21. The molecule has 1 aromatic carbocycles. The molecule has 0 aromatic heterocycles. The first-order chi connectivity index (χ1) is 7.68. The standard InChI is InChI=1S/C12H16Cl2N2/c1-9(16-6-4-15-5-7-16)11-8-10(13)2-3-12(11)14/h2-3,8-9,15H,4-7H2,1H3. The fourth-order valence-corrected chi connectivity index (χ4v) is 2.56. The van der Waals surface area contributed by atoms with Crippen LogP contribution < -0.4 is 5.32 Å². The molecule has 1 unspecified atom stereocenters. The molecule has 0 spiro atoms. The number of hydrogen-bond acceptors (Lipinski definition) is 2. The van der Waals surface area contributed by atoms with Gasteiger partial charge >= 0.3 is 0 Å². The van der Waals surface area contributed by atoms with Gasteiger partial charge < -0.3 is 5.32 Å². The summed E-state index contributed by atoms with van der Waals surface area (Å²) >= 11 is 12.2. The van der Waals surface area contributed by atoms with E-state index in [2.05, 4.69) is 17.1 Å². The summed E-state index contributed by atoms with van der Waals surface area (Å²) in [5.74, 6) is 0. The van der Waals surface area contributed by atoms with E-state index in [0.29, 0.717) is 6.04 Å². The van der Waals surface area contributed by atoms with Gasteiger partial charge in [-0.05, 0) is 30.7 Å². The Labute approximate surface area is 107 Å². The molecular formula is C12H16Cl2N2. The highest BCUT2D eigenvalue weighted by atomic mass is 35.5. The zero-order valence-corrected chi connectivity index (χ0v) is 10.9. The lowest BCUT2D eigenvalue weighted by atomic mass is 10.1. The number of piperazine rings is 1. The van der Waals surface area contributed by atoms with Gasteiger partial charge in [0.1, 0.15) is 0 Å². The first kappa shape index (κ1) is 12.2. The van der Waals surface area contributed by atoms with Crippen LogP contribution in [0.15, 0.2) is 18.2 Å². The van der Waals surface area contributed by atoms with Crippen LogP contribution in [-0.2, 0) is 0 Å². The number of benzene rings is 1. The molecule has 1 saturated heterocycles. The minimum atomic E-state index is 0.327. The molecule has 0 saturated carbocycles. The molecule has 1 N–H and O–H groups in total. The minimum Gasteiger partial charge on any atom is -0.314 e. The monoisotopic (exact) mass is 258 g/mol. The Balaban J connectivity index is 2.18. The lowest BCUT2D eigenvalue weighted by Crippen LogP contribution is -2.44. The lowest BCUT2D eigenvalue weighted by Gasteiger charge is -2.33. The smallest absolute Gasteiger partial charge is 0.0454 e. The van der Waals surface area contributed by atoms with Crippen molar-refractivity contribution in [2.24, 2.45) is 0 Å². The first-order valence-corrected chi connectivity index (χ1v) is 6.34. The molecule has 1 heterocycles. The van der Waals surface area contributed by atoms with E-state index in [9.17, 15) is 0 Å². The quantitative estimate of drug-likeness (QED) is 0.878. The van der Waals surface area contributed by atoms with Crippen LogP contribution >= 0.6 is 23.2 Å². The van der Waals surface area contributed by atoms with Gasteiger partial charge in [0.05, 0.1) is 0 Å². The normalized spacial score (nSPS) is 19.7. The average Bonchev–Trinajstić information content (AvgIpc) is 2.32. The Kier molecular flexibility index (Phi) is 4.09. The molecule has 1 aromatic rings. The second-order valence-corrected chi connectivity index (χ2v) is 4.97. The van der Waals surface area contributed by atoms with Crippen molar-refractivity contribution in [3.05, 3.63) is 33.8 Å². The molecule has 1 fully saturated rings. The van der Waals surface area contributed by atoms with Crippen molar-refractivity contribution in [1.29, 1.82) is 0 Å². The fraction of sp³-hybridized carbons (Fsp3) is 0.500. The first-order valence-electron chi connectivity index (χ1n) is 5.58. The van der Waals surface area contributed by atoms with Gasteiger partial charge in [0.15, 0.2) is 0 Å². The van der Waals surface area contributed by atoms with Crippen LogP contribution in [0.25, 0.3) is 0 Å². The number of nitrogens with one attached hydrogen (secondary N) is 1. The Morgan fingerprint density at radius 2 is 1.94 bits per heavy atom. The minimum absolute atomic E-state index is 0.327. The highest BCUT2D eigenvalue weighted by molar-refractivity contribution is 6.33. The fourth-order valence-electron chi connectivity index (χ4n) is 2.10. The van der Waals surface area contributed by atoms with Gasteiger partial charge in [-0.25, -0.2) is 0 Å². The number of rotatable bonds is 2. The van der Waals surface area contributed by atoms with Crippen LogP contribution in [0.5, 0.6) is 0 Å². The molecule has 0 bridgehead atoms. The Morgan fingerprint density at radius 3 is 2.62 bits per heavy atom. The van der Waals surface area contributed by atoms with Crippen LogP contribution in [-0.4, -0.2) is 31.1 Å². The van der Waals surface area contributed by atoms with Crippen molar-refractivity contribution < 1.29 is 0 Å². The molecule has 0 aliphatic carbocycles. The topological polar surface area (TPSA) is 15.3 Å². The van der Waals surface area contributed by atoms with Gasteiger partial charge in [0, 0.05) is 42.3 Å². The third kappa shape index (κ3) is 2.69. The molecule has 1 aliphatic rings. The van der Waals surface area contributed by atoms with Crippen LogP contribution in [0, 0.1) is 0 Å². The largest absolute Gasteiger partial charge is 0.314 e.